The third kappa shape index (κ3) is 4.13. The molecule has 1 aliphatic heterocycles. The highest BCUT2D eigenvalue weighted by molar-refractivity contribution is 5.82. The van der Waals surface area contributed by atoms with Gasteiger partial charge >= 0.3 is 5.97 Å². The minimum Gasteiger partial charge on any atom is -0.485 e. The van der Waals surface area contributed by atoms with Crippen LogP contribution in [0.2, 0.25) is 0 Å². The molecule has 0 bridgehead atoms. The summed E-state index contributed by atoms with van der Waals surface area (Å²) in [6, 6.07) is 7.20. The van der Waals surface area contributed by atoms with Crippen molar-refractivity contribution in [1.29, 1.82) is 0 Å². The van der Waals surface area contributed by atoms with E-state index in [4.69, 9.17) is 14.2 Å². The lowest BCUT2D eigenvalue weighted by Crippen LogP contribution is -2.41. The number of esters is 1. The van der Waals surface area contributed by atoms with E-state index in [1.165, 1.54) is 0 Å². The average molecular weight is 307 g/mol. The zero-order chi connectivity index (χ0) is 15.9. The number of amides is 1. The van der Waals surface area contributed by atoms with Crippen molar-refractivity contribution in [2.24, 2.45) is 0 Å². The number of rotatable bonds is 6. The fourth-order valence-corrected chi connectivity index (χ4v) is 2.13. The van der Waals surface area contributed by atoms with E-state index in [0.717, 1.165) is 12.8 Å². The summed E-state index contributed by atoms with van der Waals surface area (Å²) < 4.78 is 15.9. The zero-order valence-corrected chi connectivity index (χ0v) is 12.8. The summed E-state index contributed by atoms with van der Waals surface area (Å²) in [6.45, 7) is 3.75. The Labute approximate surface area is 129 Å². The number of para-hydroxylation sites is 2. The van der Waals surface area contributed by atoms with Crippen molar-refractivity contribution in [2.45, 2.75) is 38.8 Å². The van der Waals surface area contributed by atoms with Crippen LogP contribution in [0.4, 0.5) is 0 Å². The van der Waals surface area contributed by atoms with Crippen molar-refractivity contribution in [1.82, 2.24) is 5.32 Å². The Bertz CT molecular complexity index is 527. The van der Waals surface area contributed by atoms with Crippen LogP contribution in [0.1, 0.15) is 26.7 Å². The van der Waals surface area contributed by atoms with Crippen molar-refractivity contribution in [2.75, 3.05) is 13.2 Å². The minimum absolute atomic E-state index is 0.0734. The topological polar surface area (TPSA) is 73.9 Å². The van der Waals surface area contributed by atoms with E-state index in [0.29, 0.717) is 11.5 Å². The van der Waals surface area contributed by atoms with E-state index >= 15 is 0 Å². The highest BCUT2D eigenvalue weighted by Crippen LogP contribution is 2.31. The van der Waals surface area contributed by atoms with Crippen LogP contribution in [-0.4, -0.2) is 37.2 Å². The molecular weight excluding hydrogens is 286 g/mol. The van der Waals surface area contributed by atoms with Crippen LogP contribution in [0, 0.1) is 0 Å². The van der Waals surface area contributed by atoms with Crippen molar-refractivity contribution < 1.29 is 23.8 Å². The van der Waals surface area contributed by atoms with Gasteiger partial charge in [-0.15, -0.1) is 0 Å². The maximum absolute atomic E-state index is 11.9. The van der Waals surface area contributed by atoms with Gasteiger partial charge in [0.15, 0.2) is 18.1 Å². The fourth-order valence-electron chi connectivity index (χ4n) is 2.13. The van der Waals surface area contributed by atoms with Crippen molar-refractivity contribution in [3.05, 3.63) is 24.3 Å². The number of ether oxygens (including phenoxy) is 3. The number of benzene rings is 1. The molecule has 0 aliphatic carbocycles. The van der Waals surface area contributed by atoms with Gasteiger partial charge in [0, 0.05) is 6.04 Å². The molecule has 22 heavy (non-hydrogen) atoms. The minimum atomic E-state index is -0.851. The molecule has 6 heteroatoms. The molecule has 0 aromatic heterocycles. The van der Waals surface area contributed by atoms with Gasteiger partial charge < -0.3 is 19.5 Å². The average Bonchev–Trinajstić information content (AvgIpc) is 2.57. The van der Waals surface area contributed by atoms with Crippen LogP contribution in [0.15, 0.2) is 24.3 Å². The van der Waals surface area contributed by atoms with Crippen LogP contribution in [0.25, 0.3) is 0 Å². The molecule has 0 fully saturated rings. The molecule has 2 rings (SSSR count). The van der Waals surface area contributed by atoms with E-state index in [9.17, 15) is 9.59 Å². The monoisotopic (exact) mass is 307 g/mol. The van der Waals surface area contributed by atoms with Gasteiger partial charge in [0.25, 0.3) is 5.91 Å². The van der Waals surface area contributed by atoms with Crippen molar-refractivity contribution >= 4 is 11.9 Å². The largest absolute Gasteiger partial charge is 0.485 e. The van der Waals surface area contributed by atoms with E-state index < -0.39 is 12.1 Å². The van der Waals surface area contributed by atoms with Gasteiger partial charge in [0.05, 0.1) is 0 Å². The predicted molar refractivity (Wildman–Crippen MR) is 79.8 cm³/mol. The van der Waals surface area contributed by atoms with Gasteiger partial charge in [-0.2, -0.15) is 0 Å². The van der Waals surface area contributed by atoms with Gasteiger partial charge in [-0.05, 0) is 25.0 Å². The third-order valence-corrected chi connectivity index (χ3v) is 3.47. The molecule has 1 aromatic carbocycles. The first-order valence-corrected chi connectivity index (χ1v) is 7.48. The first-order chi connectivity index (χ1) is 10.6. The quantitative estimate of drug-likeness (QED) is 0.809. The maximum Gasteiger partial charge on any atom is 0.351 e. The molecule has 1 N–H and O–H groups in total. The van der Waals surface area contributed by atoms with Gasteiger partial charge in [-0.25, -0.2) is 4.79 Å². The zero-order valence-electron chi connectivity index (χ0n) is 12.8. The second-order valence-corrected chi connectivity index (χ2v) is 5.05. The van der Waals surface area contributed by atoms with Gasteiger partial charge in [0.1, 0.15) is 6.61 Å². The van der Waals surface area contributed by atoms with Gasteiger partial charge in [-0.1, -0.05) is 26.0 Å². The van der Waals surface area contributed by atoms with E-state index in [1.54, 1.807) is 18.2 Å². The summed E-state index contributed by atoms with van der Waals surface area (Å²) in [5.41, 5.74) is 0. The molecule has 0 saturated carbocycles. The lowest BCUT2D eigenvalue weighted by Gasteiger charge is -2.25. The summed E-state index contributed by atoms with van der Waals surface area (Å²) in [4.78, 5) is 23.6. The number of hydrogen-bond acceptors (Lipinski definition) is 5. The molecule has 0 spiro atoms. The van der Waals surface area contributed by atoms with Gasteiger partial charge in [-0.3, -0.25) is 4.79 Å². The summed E-state index contributed by atoms with van der Waals surface area (Å²) >= 11 is 0. The highest BCUT2D eigenvalue weighted by atomic mass is 16.6. The Hall–Kier alpha value is -2.24. The fraction of sp³-hybridized carbons (Fsp3) is 0.500. The molecule has 1 atom stereocenters. The second kappa shape index (κ2) is 7.68. The second-order valence-electron chi connectivity index (χ2n) is 5.05. The van der Waals surface area contributed by atoms with Crippen LogP contribution in [-0.2, 0) is 14.3 Å². The van der Waals surface area contributed by atoms with Crippen molar-refractivity contribution in [3.8, 4) is 11.5 Å². The third-order valence-electron chi connectivity index (χ3n) is 3.47. The lowest BCUT2D eigenvalue weighted by molar-refractivity contribution is -0.157. The molecule has 1 amide bonds. The first kappa shape index (κ1) is 16.1. The van der Waals surface area contributed by atoms with E-state index in [-0.39, 0.29) is 25.2 Å². The number of fused-ring (bicyclic) bond motifs is 1. The smallest absolute Gasteiger partial charge is 0.351 e. The SMILES string of the molecule is CCC(CC)NC(=O)COC(=O)[C@@H]1COc2ccccc2O1. The normalized spacial score (nSPS) is 16.2. The molecule has 1 aliphatic rings. The first-order valence-electron chi connectivity index (χ1n) is 7.48. The van der Waals surface area contributed by atoms with Crippen LogP contribution < -0.4 is 14.8 Å². The number of carbonyl (C=O) groups is 2. The highest BCUT2D eigenvalue weighted by Gasteiger charge is 2.29. The van der Waals surface area contributed by atoms with Crippen LogP contribution in [0.5, 0.6) is 11.5 Å². The predicted octanol–water partition coefficient (Wildman–Crippen LogP) is 1.67. The number of carbonyl (C=O) groups excluding carboxylic acids is 2. The summed E-state index contributed by atoms with van der Waals surface area (Å²) in [5.74, 6) is 0.184. The Kier molecular flexibility index (Phi) is 5.63. The Balaban J connectivity index is 1.80. The Morgan fingerprint density at radius 3 is 2.64 bits per heavy atom. The molecule has 1 aromatic rings. The van der Waals surface area contributed by atoms with Crippen LogP contribution in [0.3, 0.4) is 0 Å². The molecule has 0 saturated heterocycles. The van der Waals surface area contributed by atoms with E-state index in [1.807, 2.05) is 19.9 Å². The maximum atomic E-state index is 11.9. The van der Waals surface area contributed by atoms with Crippen LogP contribution >= 0.6 is 0 Å². The lowest BCUT2D eigenvalue weighted by atomic mass is 10.2. The van der Waals surface area contributed by atoms with Crippen molar-refractivity contribution in [3.63, 3.8) is 0 Å². The molecule has 6 nitrogen and oxygen atoms in total. The molecule has 0 radical (unpaired) electrons. The number of hydrogen-bond donors (Lipinski definition) is 1. The Morgan fingerprint density at radius 2 is 1.95 bits per heavy atom. The summed E-state index contributed by atoms with van der Waals surface area (Å²) in [5, 5.41) is 2.80. The molecule has 0 unspecified atom stereocenters. The molecular formula is C16H21NO5. The Morgan fingerprint density at radius 1 is 1.27 bits per heavy atom. The summed E-state index contributed by atoms with van der Waals surface area (Å²) in [7, 11) is 0. The summed E-state index contributed by atoms with van der Waals surface area (Å²) in [6.07, 6.45) is 0.829. The van der Waals surface area contributed by atoms with Gasteiger partial charge in [0.2, 0.25) is 6.10 Å². The standard InChI is InChI=1S/C16H21NO5/c1-3-11(4-2)17-15(18)10-21-16(19)14-9-20-12-7-5-6-8-13(12)22-14/h5-8,11,14H,3-4,9-10H2,1-2H3,(H,17,18)/t14-/m0/s1. The molecule has 120 valence electrons. The van der Waals surface area contributed by atoms with E-state index in [2.05, 4.69) is 5.32 Å². The molecule has 1 heterocycles. The number of nitrogens with one attached hydrogen (secondary N) is 1.